The lowest BCUT2D eigenvalue weighted by Crippen LogP contribution is -2.29. The van der Waals surface area contributed by atoms with Gasteiger partial charge in [-0.15, -0.1) is 0 Å². The lowest BCUT2D eigenvalue weighted by Gasteiger charge is -2.17. The van der Waals surface area contributed by atoms with Crippen molar-refractivity contribution in [3.05, 3.63) is 53.6 Å². The minimum Gasteiger partial charge on any atom is -0.497 e. The average molecular weight is 340 g/mol. The van der Waals surface area contributed by atoms with E-state index in [9.17, 15) is 4.79 Å². The highest BCUT2D eigenvalue weighted by molar-refractivity contribution is 5.79. The molecule has 2 N–H and O–H groups in total. The van der Waals surface area contributed by atoms with Crippen LogP contribution in [0.1, 0.15) is 23.5 Å². The predicted octanol–water partition coefficient (Wildman–Crippen LogP) is 2.84. The van der Waals surface area contributed by atoms with Crippen LogP contribution in [0.5, 0.6) is 11.5 Å². The number of methoxy groups -OCH3 is 2. The topological polar surface area (TPSA) is 64.8 Å². The molecule has 1 atom stereocenters. The summed E-state index contributed by atoms with van der Waals surface area (Å²) in [5.41, 5.74) is 8.55. The van der Waals surface area contributed by atoms with Crippen molar-refractivity contribution in [3.63, 3.8) is 0 Å². The summed E-state index contributed by atoms with van der Waals surface area (Å²) in [6.07, 6.45) is 1.36. The molecule has 0 aromatic heterocycles. The molecule has 0 spiro atoms. The maximum atomic E-state index is 12.6. The van der Waals surface area contributed by atoms with Gasteiger partial charge in [0, 0.05) is 30.8 Å². The molecule has 1 fully saturated rings. The van der Waals surface area contributed by atoms with Gasteiger partial charge in [0.25, 0.3) is 0 Å². The van der Waals surface area contributed by atoms with Crippen LogP contribution in [0.3, 0.4) is 0 Å². The Balaban J connectivity index is 1.66. The summed E-state index contributed by atoms with van der Waals surface area (Å²) in [6, 6.07) is 13.4. The second-order valence-electron chi connectivity index (χ2n) is 6.39. The molecule has 0 radical (unpaired) electrons. The minimum atomic E-state index is 0.155. The van der Waals surface area contributed by atoms with E-state index in [-0.39, 0.29) is 5.91 Å². The van der Waals surface area contributed by atoms with Gasteiger partial charge in [-0.2, -0.15) is 0 Å². The Hall–Kier alpha value is -2.69. The summed E-state index contributed by atoms with van der Waals surface area (Å²) < 4.78 is 10.7. The van der Waals surface area contributed by atoms with E-state index in [1.807, 2.05) is 47.4 Å². The van der Waals surface area contributed by atoms with Crippen LogP contribution in [-0.4, -0.2) is 38.1 Å². The van der Waals surface area contributed by atoms with E-state index in [1.54, 1.807) is 14.2 Å². The normalized spacial score (nSPS) is 16.7. The Morgan fingerprint density at radius 2 is 1.76 bits per heavy atom. The molecule has 0 saturated carbocycles. The Kier molecular flexibility index (Phi) is 5.12. The maximum Gasteiger partial charge on any atom is 0.227 e. The highest BCUT2D eigenvalue weighted by Crippen LogP contribution is 2.33. The molecular formula is C20H24N2O3. The Bertz CT molecular complexity index is 721. The van der Waals surface area contributed by atoms with Gasteiger partial charge < -0.3 is 20.1 Å². The molecule has 1 heterocycles. The van der Waals surface area contributed by atoms with Gasteiger partial charge in [0.2, 0.25) is 5.91 Å². The molecule has 5 nitrogen and oxygen atoms in total. The molecule has 0 bridgehead atoms. The van der Waals surface area contributed by atoms with Crippen LogP contribution in [0, 0.1) is 0 Å². The van der Waals surface area contributed by atoms with Crippen molar-refractivity contribution in [3.8, 4) is 11.5 Å². The third-order valence-corrected chi connectivity index (χ3v) is 4.72. The number of ether oxygens (including phenoxy) is 2. The molecule has 2 aromatic rings. The molecule has 0 aliphatic carbocycles. The molecule has 1 amide bonds. The SMILES string of the molecule is COc1cc(OC)cc([C@H]2CCN(C(=O)Cc3ccc(N)cc3)C2)c1. The summed E-state index contributed by atoms with van der Waals surface area (Å²) in [4.78, 5) is 14.5. The van der Waals surface area contributed by atoms with Crippen molar-refractivity contribution in [2.75, 3.05) is 33.0 Å². The van der Waals surface area contributed by atoms with Crippen molar-refractivity contribution >= 4 is 11.6 Å². The van der Waals surface area contributed by atoms with Crippen LogP contribution in [0.15, 0.2) is 42.5 Å². The smallest absolute Gasteiger partial charge is 0.227 e. The monoisotopic (exact) mass is 340 g/mol. The number of nitrogens with zero attached hydrogens (tertiary/aromatic N) is 1. The van der Waals surface area contributed by atoms with Gasteiger partial charge in [-0.3, -0.25) is 4.79 Å². The van der Waals surface area contributed by atoms with Gasteiger partial charge in [0.15, 0.2) is 0 Å². The number of anilines is 1. The molecule has 132 valence electrons. The summed E-state index contributed by atoms with van der Waals surface area (Å²) in [6.45, 7) is 1.50. The van der Waals surface area contributed by atoms with Crippen LogP contribution >= 0.6 is 0 Å². The van der Waals surface area contributed by atoms with Crippen LogP contribution < -0.4 is 15.2 Å². The van der Waals surface area contributed by atoms with Crippen molar-refractivity contribution in [1.82, 2.24) is 4.90 Å². The molecule has 1 aliphatic rings. The van der Waals surface area contributed by atoms with Gasteiger partial charge in [-0.05, 0) is 41.8 Å². The third-order valence-electron chi connectivity index (χ3n) is 4.72. The largest absolute Gasteiger partial charge is 0.497 e. The molecule has 3 rings (SSSR count). The van der Waals surface area contributed by atoms with E-state index in [1.165, 1.54) is 0 Å². The van der Waals surface area contributed by atoms with Crippen molar-refractivity contribution in [1.29, 1.82) is 0 Å². The maximum absolute atomic E-state index is 12.6. The number of nitrogens with two attached hydrogens (primary N) is 1. The zero-order chi connectivity index (χ0) is 17.8. The fourth-order valence-electron chi connectivity index (χ4n) is 3.25. The van der Waals surface area contributed by atoms with E-state index < -0.39 is 0 Å². The summed E-state index contributed by atoms with van der Waals surface area (Å²) >= 11 is 0. The number of hydrogen-bond donors (Lipinski definition) is 1. The van der Waals surface area contributed by atoms with Gasteiger partial charge in [-0.1, -0.05) is 12.1 Å². The second kappa shape index (κ2) is 7.47. The van der Waals surface area contributed by atoms with E-state index in [0.717, 1.165) is 42.1 Å². The molecule has 0 unspecified atom stereocenters. The highest BCUT2D eigenvalue weighted by Gasteiger charge is 2.28. The van der Waals surface area contributed by atoms with Gasteiger partial charge in [-0.25, -0.2) is 0 Å². The second-order valence-corrected chi connectivity index (χ2v) is 6.39. The Labute approximate surface area is 148 Å². The van der Waals surface area contributed by atoms with E-state index in [2.05, 4.69) is 0 Å². The molecule has 1 saturated heterocycles. The third kappa shape index (κ3) is 4.05. The first-order valence-corrected chi connectivity index (χ1v) is 8.44. The van der Waals surface area contributed by atoms with Crippen LogP contribution in [0.4, 0.5) is 5.69 Å². The first-order chi connectivity index (χ1) is 12.1. The molecule has 1 aliphatic heterocycles. The van der Waals surface area contributed by atoms with Crippen LogP contribution in [-0.2, 0) is 11.2 Å². The average Bonchev–Trinajstić information content (AvgIpc) is 3.13. The van der Waals surface area contributed by atoms with Crippen molar-refractivity contribution in [2.24, 2.45) is 0 Å². The van der Waals surface area contributed by atoms with Crippen LogP contribution in [0.2, 0.25) is 0 Å². The predicted molar refractivity (Wildman–Crippen MR) is 98.0 cm³/mol. The molecule has 25 heavy (non-hydrogen) atoms. The molecule has 5 heteroatoms. The standard InChI is InChI=1S/C20H24N2O3/c1-24-18-10-16(11-19(12-18)25-2)15-7-8-22(13-15)20(23)9-14-3-5-17(21)6-4-14/h3-6,10-12,15H,7-9,13,21H2,1-2H3/t15-/m0/s1. The summed E-state index contributed by atoms with van der Waals surface area (Å²) in [5.74, 6) is 2.02. The molecule has 2 aromatic carbocycles. The quantitative estimate of drug-likeness (QED) is 0.850. The number of hydrogen-bond acceptors (Lipinski definition) is 4. The number of likely N-dealkylation sites (tertiary alicyclic amines) is 1. The van der Waals surface area contributed by atoms with E-state index in [0.29, 0.717) is 18.0 Å². The van der Waals surface area contributed by atoms with Gasteiger partial charge in [0.05, 0.1) is 20.6 Å². The fourth-order valence-corrected chi connectivity index (χ4v) is 3.25. The lowest BCUT2D eigenvalue weighted by molar-refractivity contribution is -0.129. The zero-order valence-electron chi connectivity index (χ0n) is 14.7. The minimum absolute atomic E-state index is 0.155. The number of benzene rings is 2. The lowest BCUT2D eigenvalue weighted by atomic mass is 9.98. The van der Waals surface area contributed by atoms with E-state index >= 15 is 0 Å². The number of amides is 1. The van der Waals surface area contributed by atoms with Gasteiger partial charge in [0.1, 0.15) is 11.5 Å². The van der Waals surface area contributed by atoms with E-state index in [4.69, 9.17) is 15.2 Å². The number of carbonyl (C=O) groups excluding carboxylic acids is 1. The van der Waals surface area contributed by atoms with Crippen LogP contribution in [0.25, 0.3) is 0 Å². The number of nitrogen functional groups attached to an aromatic ring is 1. The Morgan fingerprint density at radius 1 is 1.12 bits per heavy atom. The van der Waals surface area contributed by atoms with Gasteiger partial charge >= 0.3 is 0 Å². The molecular weight excluding hydrogens is 316 g/mol. The number of rotatable bonds is 5. The summed E-state index contributed by atoms with van der Waals surface area (Å²) in [5, 5.41) is 0. The van der Waals surface area contributed by atoms with Crippen molar-refractivity contribution in [2.45, 2.75) is 18.8 Å². The highest BCUT2D eigenvalue weighted by atomic mass is 16.5. The summed E-state index contributed by atoms with van der Waals surface area (Å²) in [7, 11) is 3.30. The first kappa shape index (κ1) is 17.1. The Morgan fingerprint density at radius 3 is 2.36 bits per heavy atom. The fraction of sp³-hybridized carbons (Fsp3) is 0.350. The van der Waals surface area contributed by atoms with Crippen molar-refractivity contribution < 1.29 is 14.3 Å². The zero-order valence-corrected chi connectivity index (χ0v) is 14.7. The first-order valence-electron chi connectivity index (χ1n) is 8.44. The number of carbonyl (C=O) groups is 1.